The minimum atomic E-state index is -0.591. The van der Waals surface area contributed by atoms with E-state index in [0.717, 1.165) is 0 Å². The van der Waals surface area contributed by atoms with Gasteiger partial charge in [0.1, 0.15) is 7.85 Å². The maximum absolute atomic E-state index is 8.83. The number of aliphatic hydroxyl groups is 1. The number of aliphatic hydroxyl groups excluding tert-OH is 1. The van der Waals surface area contributed by atoms with Crippen molar-refractivity contribution in [1.29, 1.82) is 0 Å². The second-order valence-corrected chi connectivity index (χ2v) is 2.31. The molecule has 2 nitrogen and oxygen atoms in total. The molecule has 0 saturated carbocycles. The molecule has 1 heterocycles. The van der Waals surface area contributed by atoms with Crippen molar-refractivity contribution in [2.75, 3.05) is 6.61 Å². The van der Waals surface area contributed by atoms with Gasteiger partial charge in [0.15, 0.2) is 0 Å². The maximum Gasteiger partial charge on any atom is 0.111 e. The van der Waals surface area contributed by atoms with Crippen LogP contribution in [0.3, 0.4) is 0 Å². The first kappa shape index (κ1) is 6.40. The fourth-order valence-electron chi connectivity index (χ4n) is 0.613. The van der Waals surface area contributed by atoms with E-state index >= 15 is 0 Å². The van der Waals surface area contributed by atoms with Crippen molar-refractivity contribution in [3.8, 4) is 0 Å². The third-order valence-electron chi connectivity index (χ3n) is 1.14. The van der Waals surface area contributed by atoms with Gasteiger partial charge in [0.25, 0.3) is 0 Å². The van der Waals surface area contributed by atoms with E-state index in [2.05, 4.69) is 0 Å². The summed E-state index contributed by atoms with van der Waals surface area (Å²) in [5, 5.41) is 8.40. The van der Waals surface area contributed by atoms with E-state index in [0.29, 0.717) is 0 Å². The standard InChI is InChI=1S/C4H6BClO2/c5-4-3(6)2(7)1-8-4/h2-4,7H,1H2/t2-,3-,4-/m1/s1. The van der Waals surface area contributed by atoms with Gasteiger partial charge in [0, 0.05) is 6.00 Å². The molecule has 1 saturated heterocycles. The van der Waals surface area contributed by atoms with Crippen LogP contribution in [0.2, 0.25) is 0 Å². The van der Waals surface area contributed by atoms with Gasteiger partial charge < -0.3 is 9.84 Å². The van der Waals surface area contributed by atoms with Crippen LogP contribution in [0.25, 0.3) is 0 Å². The minimum absolute atomic E-state index is 0.259. The summed E-state index contributed by atoms with van der Waals surface area (Å²) in [7, 11) is 5.25. The molecule has 0 unspecified atom stereocenters. The molecule has 0 bridgehead atoms. The van der Waals surface area contributed by atoms with Crippen LogP contribution in [0.4, 0.5) is 0 Å². The second kappa shape index (κ2) is 2.25. The fraction of sp³-hybridized carbons (Fsp3) is 1.00. The molecule has 2 radical (unpaired) electrons. The quantitative estimate of drug-likeness (QED) is 0.355. The van der Waals surface area contributed by atoms with Gasteiger partial charge in [-0.2, -0.15) is 0 Å². The molecule has 0 aromatic rings. The zero-order valence-corrected chi connectivity index (χ0v) is 5.01. The van der Waals surface area contributed by atoms with Crippen molar-refractivity contribution >= 4 is 19.4 Å². The Morgan fingerprint density at radius 2 is 2.38 bits per heavy atom. The summed E-state index contributed by atoms with van der Waals surface area (Å²) in [6.45, 7) is 0.259. The van der Waals surface area contributed by atoms with E-state index in [9.17, 15) is 0 Å². The van der Waals surface area contributed by atoms with Crippen molar-refractivity contribution in [1.82, 2.24) is 0 Å². The SMILES string of the molecule is [B][C@@H]1OC[C@@H](O)[C@H]1Cl. The molecule has 44 valence electrons. The zero-order valence-electron chi connectivity index (χ0n) is 4.25. The van der Waals surface area contributed by atoms with Crippen LogP contribution < -0.4 is 0 Å². The number of halogens is 1. The normalized spacial score (nSPS) is 47.5. The van der Waals surface area contributed by atoms with Gasteiger partial charge in [-0.1, -0.05) is 0 Å². The molecule has 1 rings (SSSR count). The minimum Gasteiger partial charge on any atom is -0.389 e. The molecule has 1 aliphatic rings. The lowest BCUT2D eigenvalue weighted by atomic mass is 9.96. The number of rotatable bonds is 0. The maximum atomic E-state index is 8.83. The number of alkyl halides is 1. The van der Waals surface area contributed by atoms with Crippen molar-refractivity contribution in [3.05, 3.63) is 0 Å². The van der Waals surface area contributed by atoms with Crippen LogP contribution in [-0.2, 0) is 4.74 Å². The molecule has 1 fully saturated rings. The number of hydrogen-bond donors (Lipinski definition) is 1. The summed E-state index contributed by atoms with van der Waals surface area (Å²) in [6.07, 6.45) is -0.591. The molecule has 0 aliphatic carbocycles. The molecule has 1 N–H and O–H groups in total. The smallest absolute Gasteiger partial charge is 0.111 e. The van der Waals surface area contributed by atoms with Crippen LogP contribution in [-0.4, -0.2) is 37.0 Å². The van der Waals surface area contributed by atoms with E-state index in [4.69, 9.17) is 29.3 Å². The van der Waals surface area contributed by atoms with E-state index in [1.807, 2.05) is 0 Å². The Bertz CT molecular complexity index is 80.1. The summed E-state index contributed by atoms with van der Waals surface area (Å²) in [4.78, 5) is 0. The molecule has 0 spiro atoms. The summed E-state index contributed by atoms with van der Waals surface area (Å²) in [5.41, 5.74) is 0. The monoisotopic (exact) mass is 132 g/mol. The predicted octanol–water partition coefficient (Wildman–Crippen LogP) is -0.521. The molecular weight excluding hydrogens is 126 g/mol. The predicted molar refractivity (Wildman–Crippen MR) is 31.1 cm³/mol. The Morgan fingerprint density at radius 1 is 1.75 bits per heavy atom. The molecule has 4 heteroatoms. The summed E-state index contributed by atoms with van der Waals surface area (Å²) >= 11 is 5.51. The van der Waals surface area contributed by atoms with Crippen LogP contribution in [0, 0.1) is 0 Å². The first-order valence-electron chi connectivity index (χ1n) is 2.41. The zero-order chi connectivity index (χ0) is 6.15. The average molecular weight is 132 g/mol. The Labute approximate surface area is 54.2 Å². The van der Waals surface area contributed by atoms with E-state index < -0.39 is 17.5 Å². The molecule has 0 aromatic carbocycles. The summed E-state index contributed by atoms with van der Waals surface area (Å²) in [6, 6.07) is -0.494. The Kier molecular flexibility index (Phi) is 1.80. The van der Waals surface area contributed by atoms with Gasteiger partial charge >= 0.3 is 0 Å². The van der Waals surface area contributed by atoms with E-state index in [1.165, 1.54) is 0 Å². The van der Waals surface area contributed by atoms with Gasteiger partial charge in [-0.15, -0.1) is 11.6 Å². The van der Waals surface area contributed by atoms with Gasteiger partial charge in [-0.05, 0) is 0 Å². The summed E-state index contributed by atoms with van der Waals surface area (Å²) in [5.74, 6) is 0. The summed E-state index contributed by atoms with van der Waals surface area (Å²) < 4.78 is 4.77. The Balaban J connectivity index is 2.44. The van der Waals surface area contributed by atoms with Crippen LogP contribution in [0.5, 0.6) is 0 Å². The third-order valence-corrected chi connectivity index (χ3v) is 1.68. The first-order valence-corrected chi connectivity index (χ1v) is 2.85. The van der Waals surface area contributed by atoms with Crippen LogP contribution in [0.15, 0.2) is 0 Å². The van der Waals surface area contributed by atoms with E-state index in [1.54, 1.807) is 0 Å². The highest BCUT2D eigenvalue weighted by molar-refractivity contribution is 6.26. The third kappa shape index (κ3) is 0.991. The van der Waals surface area contributed by atoms with E-state index in [-0.39, 0.29) is 6.61 Å². The largest absolute Gasteiger partial charge is 0.389 e. The van der Waals surface area contributed by atoms with Gasteiger partial charge in [-0.3, -0.25) is 0 Å². The molecule has 3 atom stereocenters. The number of ether oxygens (including phenoxy) is 1. The van der Waals surface area contributed by atoms with Gasteiger partial charge in [0.05, 0.1) is 18.1 Å². The lowest BCUT2D eigenvalue weighted by Gasteiger charge is -2.06. The van der Waals surface area contributed by atoms with Crippen molar-refractivity contribution in [2.24, 2.45) is 0 Å². The Morgan fingerprint density at radius 3 is 2.50 bits per heavy atom. The van der Waals surface area contributed by atoms with Crippen LogP contribution in [0.1, 0.15) is 0 Å². The topological polar surface area (TPSA) is 29.5 Å². The van der Waals surface area contributed by atoms with Gasteiger partial charge in [-0.25, -0.2) is 0 Å². The Hall–Kier alpha value is 0.275. The molecular formula is C4H6BClO2. The highest BCUT2D eigenvalue weighted by atomic mass is 35.5. The van der Waals surface area contributed by atoms with Crippen LogP contribution >= 0.6 is 11.6 Å². The lowest BCUT2D eigenvalue weighted by Crippen LogP contribution is -2.24. The highest BCUT2D eigenvalue weighted by Crippen LogP contribution is 2.16. The highest BCUT2D eigenvalue weighted by Gasteiger charge is 2.30. The van der Waals surface area contributed by atoms with Crippen molar-refractivity contribution in [2.45, 2.75) is 17.5 Å². The fourth-order valence-corrected chi connectivity index (χ4v) is 0.758. The van der Waals surface area contributed by atoms with Gasteiger partial charge in [0.2, 0.25) is 0 Å². The average Bonchev–Trinajstić information content (AvgIpc) is 1.98. The second-order valence-electron chi connectivity index (χ2n) is 1.81. The molecule has 0 aromatic heterocycles. The molecule has 1 aliphatic heterocycles. The number of hydrogen-bond acceptors (Lipinski definition) is 2. The molecule has 8 heavy (non-hydrogen) atoms. The lowest BCUT2D eigenvalue weighted by molar-refractivity contribution is 0.117. The molecule has 0 amide bonds. The van der Waals surface area contributed by atoms with Crippen molar-refractivity contribution < 1.29 is 9.84 Å². The first-order chi connectivity index (χ1) is 3.72. The van der Waals surface area contributed by atoms with Crippen molar-refractivity contribution in [3.63, 3.8) is 0 Å².